The molecule has 6 aromatic rings. The molecule has 0 saturated heterocycles. The van der Waals surface area contributed by atoms with Crippen molar-refractivity contribution in [1.82, 2.24) is 19.1 Å². The SMILES string of the molecule is CCCCC1=CCC(C(Nc2ccc(C(CCC)CCCCc3ccc(C(Nc4ccc(CCCC)cc4)c4nc(-c5ccccc5OC)cn4C)cc3)cc2)c2nccn2C)C=C1. The highest BCUT2D eigenvalue weighted by molar-refractivity contribution is 5.67. The Hall–Kier alpha value is -5.82. The Morgan fingerprint density at radius 2 is 1.36 bits per heavy atom. The van der Waals surface area contributed by atoms with E-state index in [0.29, 0.717) is 11.8 Å². The lowest BCUT2D eigenvalue weighted by Crippen LogP contribution is -2.23. The molecule has 0 fully saturated rings. The summed E-state index contributed by atoms with van der Waals surface area (Å²) in [6, 6.07) is 35.5. The highest BCUT2D eigenvalue weighted by atomic mass is 16.5. The van der Waals surface area contributed by atoms with Crippen molar-refractivity contribution >= 4 is 11.4 Å². The van der Waals surface area contributed by atoms with Crippen LogP contribution in [0.3, 0.4) is 0 Å². The third-order valence-corrected chi connectivity index (χ3v) is 13.2. The Morgan fingerprint density at radius 3 is 2.03 bits per heavy atom. The Kier molecular flexibility index (Phi) is 16.7. The molecule has 0 amide bonds. The molecule has 2 heterocycles. The maximum atomic E-state index is 5.71. The molecule has 0 saturated carbocycles. The van der Waals surface area contributed by atoms with Crippen LogP contribution in [0.2, 0.25) is 0 Å². The molecule has 336 valence electrons. The number of nitrogens with one attached hydrogen (secondary N) is 2. The molecular formula is C57H72N6O. The van der Waals surface area contributed by atoms with Crippen molar-refractivity contribution in [2.24, 2.45) is 20.0 Å². The first-order valence-corrected chi connectivity index (χ1v) is 24.2. The van der Waals surface area contributed by atoms with Gasteiger partial charge in [-0.3, -0.25) is 0 Å². The molecule has 0 spiro atoms. The Bertz CT molecular complexity index is 2390. The van der Waals surface area contributed by atoms with Gasteiger partial charge in [-0.25, -0.2) is 9.97 Å². The van der Waals surface area contributed by atoms with E-state index >= 15 is 0 Å². The molecule has 64 heavy (non-hydrogen) atoms. The zero-order chi connectivity index (χ0) is 44.7. The number of methoxy groups -OCH3 is 1. The molecule has 7 nitrogen and oxygen atoms in total. The summed E-state index contributed by atoms with van der Waals surface area (Å²) in [4.78, 5) is 10.0. The van der Waals surface area contributed by atoms with Crippen molar-refractivity contribution in [2.75, 3.05) is 17.7 Å². The van der Waals surface area contributed by atoms with Gasteiger partial charge in [0.1, 0.15) is 23.4 Å². The summed E-state index contributed by atoms with van der Waals surface area (Å²) in [5.41, 5.74) is 11.0. The normalized spacial score (nSPS) is 15.1. The minimum atomic E-state index is -0.133. The van der Waals surface area contributed by atoms with Gasteiger partial charge in [0, 0.05) is 55.5 Å². The van der Waals surface area contributed by atoms with E-state index in [2.05, 4.69) is 164 Å². The number of imidazole rings is 2. The van der Waals surface area contributed by atoms with Crippen molar-refractivity contribution in [3.8, 4) is 17.0 Å². The molecule has 1 aliphatic rings. The average Bonchev–Trinajstić information content (AvgIpc) is 3.94. The van der Waals surface area contributed by atoms with Crippen LogP contribution in [0.4, 0.5) is 11.4 Å². The van der Waals surface area contributed by atoms with Crippen LogP contribution in [0.25, 0.3) is 11.3 Å². The first-order chi connectivity index (χ1) is 31.4. The van der Waals surface area contributed by atoms with Crippen molar-refractivity contribution in [3.63, 3.8) is 0 Å². The maximum absolute atomic E-state index is 5.71. The number of ether oxygens (including phenoxy) is 1. The van der Waals surface area contributed by atoms with E-state index in [1.54, 1.807) is 7.11 Å². The van der Waals surface area contributed by atoms with Gasteiger partial charge in [0.05, 0.1) is 18.8 Å². The number of rotatable bonds is 24. The third-order valence-electron chi connectivity index (χ3n) is 13.2. The second kappa shape index (κ2) is 23.2. The number of aryl methyl sites for hydroxylation is 4. The van der Waals surface area contributed by atoms with Crippen LogP contribution < -0.4 is 15.4 Å². The van der Waals surface area contributed by atoms with E-state index in [-0.39, 0.29) is 12.1 Å². The van der Waals surface area contributed by atoms with Gasteiger partial charge in [-0.1, -0.05) is 131 Å². The van der Waals surface area contributed by atoms with Gasteiger partial charge in [0.15, 0.2) is 0 Å². The molecule has 7 rings (SSSR count). The second-order valence-electron chi connectivity index (χ2n) is 17.9. The third kappa shape index (κ3) is 12.0. The standard InChI is InChI=1S/C57H72N6O/c1-7-10-17-42-23-29-47(30-24-42)54(56-58-39-40-62(56)4)59-50-37-33-46(34-38-50)45(16-9-3)20-13-12-19-44-25-31-48(32-26-44)55(60-49-35-27-43(28-36-49)18-11-8-2)57-61-52(41-63(57)5)51-21-14-15-22-53(51)64-6/h14-15,21-29,31-41,45,47,54-55,59-60H,7-13,16-20,30H2,1-6H3. The molecule has 2 N–H and O–H groups in total. The van der Waals surface area contributed by atoms with Crippen molar-refractivity contribution in [3.05, 3.63) is 173 Å². The van der Waals surface area contributed by atoms with Gasteiger partial charge in [0.25, 0.3) is 0 Å². The summed E-state index contributed by atoms with van der Waals surface area (Å²) in [5.74, 6) is 3.77. The number of para-hydroxylation sites is 1. The van der Waals surface area contributed by atoms with Gasteiger partial charge in [-0.2, -0.15) is 0 Å². The fourth-order valence-corrected chi connectivity index (χ4v) is 9.34. The molecule has 4 unspecified atom stereocenters. The van der Waals surface area contributed by atoms with Crippen LogP contribution in [0.5, 0.6) is 5.75 Å². The average molecular weight is 857 g/mol. The number of anilines is 2. The number of nitrogens with zero attached hydrogens (tertiary/aromatic N) is 4. The molecule has 7 heteroatoms. The molecule has 0 bridgehead atoms. The monoisotopic (exact) mass is 857 g/mol. The van der Waals surface area contributed by atoms with E-state index in [0.717, 1.165) is 59.3 Å². The van der Waals surface area contributed by atoms with E-state index in [4.69, 9.17) is 14.7 Å². The van der Waals surface area contributed by atoms with Crippen molar-refractivity contribution in [1.29, 1.82) is 0 Å². The largest absolute Gasteiger partial charge is 0.496 e. The molecule has 0 radical (unpaired) electrons. The molecule has 4 aromatic carbocycles. The second-order valence-corrected chi connectivity index (χ2v) is 17.9. The van der Waals surface area contributed by atoms with Crippen molar-refractivity contribution < 1.29 is 4.74 Å². The van der Waals surface area contributed by atoms with Gasteiger partial charge >= 0.3 is 0 Å². The van der Waals surface area contributed by atoms with E-state index < -0.39 is 0 Å². The fraction of sp³-hybridized carbons (Fsp3) is 0.404. The molecule has 0 aliphatic heterocycles. The van der Waals surface area contributed by atoms with Crippen LogP contribution in [0, 0.1) is 5.92 Å². The van der Waals surface area contributed by atoms with Crippen LogP contribution in [0.15, 0.2) is 139 Å². The lowest BCUT2D eigenvalue weighted by atomic mass is 9.87. The zero-order valence-electron chi connectivity index (χ0n) is 39.4. The highest BCUT2D eigenvalue weighted by Crippen LogP contribution is 2.36. The minimum Gasteiger partial charge on any atom is -0.496 e. The van der Waals surface area contributed by atoms with Crippen LogP contribution in [0.1, 0.15) is 143 Å². The highest BCUT2D eigenvalue weighted by Gasteiger charge is 2.26. The smallest absolute Gasteiger partial charge is 0.136 e. The van der Waals surface area contributed by atoms with Gasteiger partial charge in [-0.05, 0) is 122 Å². The Morgan fingerprint density at radius 1 is 0.688 bits per heavy atom. The van der Waals surface area contributed by atoms with Gasteiger partial charge in [-0.15, -0.1) is 0 Å². The number of benzene rings is 4. The number of hydrogen-bond donors (Lipinski definition) is 2. The van der Waals surface area contributed by atoms with Gasteiger partial charge in [0.2, 0.25) is 0 Å². The lowest BCUT2D eigenvalue weighted by molar-refractivity contribution is 0.416. The summed E-state index contributed by atoms with van der Waals surface area (Å²) in [7, 11) is 5.91. The quantitative estimate of drug-likeness (QED) is 0.0594. The van der Waals surface area contributed by atoms with Crippen LogP contribution in [-0.2, 0) is 26.9 Å². The summed E-state index contributed by atoms with van der Waals surface area (Å²) in [6.45, 7) is 6.83. The Balaban J connectivity index is 0.988. The first kappa shape index (κ1) is 46.2. The predicted octanol–water partition coefficient (Wildman–Crippen LogP) is 14.5. The molecule has 4 atom stereocenters. The molecule has 2 aromatic heterocycles. The number of allylic oxidation sites excluding steroid dienone is 3. The lowest BCUT2D eigenvalue weighted by Gasteiger charge is -2.28. The first-order valence-electron chi connectivity index (χ1n) is 24.2. The number of hydrogen-bond acceptors (Lipinski definition) is 5. The van der Waals surface area contributed by atoms with E-state index in [9.17, 15) is 0 Å². The van der Waals surface area contributed by atoms with Gasteiger partial charge < -0.3 is 24.5 Å². The summed E-state index contributed by atoms with van der Waals surface area (Å²) >= 11 is 0. The predicted molar refractivity (Wildman–Crippen MR) is 268 cm³/mol. The fourth-order valence-electron chi connectivity index (χ4n) is 9.34. The summed E-state index contributed by atoms with van der Waals surface area (Å²) in [5, 5.41) is 7.75. The maximum Gasteiger partial charge on any atom is 0.136 e. The Labute approximate surface area is 384 Å². The number of unbranched alkanes of at least 4 members (excludes halogenated alkanes) is 3. The minimum absolute atomic E-state index is 0.105. The molecular weight excluding hydrogens is 785 g/mol. The molecule has 1 aliphatic carbocycles. The van der Waals surface area contributed by atoms with E-state index in [1.807, 2.05) is 24.4 Å². The number of aromatic nitrogens is 4. The van der Waals surface area contributed by atoms with Crippen molar-refractivity contribution in [2.45, 2.75) is 122 Å². The zero-order valence-corrected chi connectivity index (χ0v) is 39.4. The topological polar surface area (TPSA) is 68.9 Å². The van der Waals surface area contributed by atoms with Crippen LogP contribution in [-0.4, -0.2) is 26.2 Å². The van der Waals surface area contributed by atoms with E-state index in [1.165, 1.54) is 92.0 Å². The summed E-state index contributed by atoms with van der Waals surface area (Å²) < 4.78 is 10.0. The summed E-state index contributed by atoms with van der Waals surface area (Å²) in [6.07, 6.45) is 28.5. The van der Waals surface area contributed by atoms with Crippen LogP contribution >= 0.6 is 0 Å².